The number of aromatic nitrogens is 2. The number of piperidine rings is 1. The van der Waals surface area contributed by atoms with Crippen molar-refractivity contribution >= 4 is 39.1 Å². The molecule has 9 heteroatoms. The fraction of sp³-hybridized carbons (Fsp3) is 0.391. The van der Waals surface area contributed by atoms with Crippen molar-refractivity contribution in [2.24, 2.45) is 5.92 Å². The number of carbonyl (C=O) groups excluding carboxylic acids is 2. The van der Waals surface area contributed by atoms with E-state index in [4.69, 9.17) is 4.74 Å². The molecular weight excluding hydrogens is 428 g/mol. The Morgan fingerprint density at radius 1 is 1.31 bits per heavy atom. The molecular formula is C23H26N4O4S. The van der Waals surface area contributed by atoms with E-state index in [1.165, 1.54) is 18.0 Å². The molecule has 3 heterocycles. The molecule has 2 aromatic heterocycles. The summed E-state index contributed by atoms with van der Waals surface area (Å²) in [5.41, 5.74) is 0.797. The third-order valence-corrected chi connectivity index (χ3v) is 6.99. The maximum Gasteiger partial charge on any atom is 0.266 e. The Morgan fingerprint density at radius 2 is 2.09 bits per heavy atom. The second kappa shape index (κ2) is 9.12. The van der Waals surface area contributed by atoms with Gasteiger partial charge in [-0.25, -0.2) is 4.98 Å². The summed E-state index contributed by atoms with van der Waals surface area (Å²) in [6.45, 7) is 5.25. The Bertz CT molecular complexity index is 1230. The van der Waals surface area contributed by atoms with Gasteiger partial charge in [0.15, 0.2) is 0 Å². The van der Waals surface area contributed by atoms with E-state index in [-0.39, 0.29) is 23.9 Å². The molecule has 0 spiro atoms. The molecule has 1 aromatic carbocycles. The second-order valence-electron chi connectivity index (χ2n) is 8.16. The number of benzene rings is 1. The monoisotopic (exact) mass is 454 g/mol. The van der Waals surface area contributed by atoms with Gasteiger partial charge in [-0.05, 0) is 43.4 Å². The van der Waals surface area contributed by atoms with Crippen molar-refractivity contribution in [1.29, 1.82) is 0 Å². The van der Waals surface area contributed by atoms with Crippen LogP contribution in [0.3, 0.4) is 0 Å². The minimum atomic E-state index is -0.334. The van der Waals surface area contributed by atoms with E-state index in [2.05, 4.69) is 17.2 Å². The van der Waals surface area contributed by atoms with E-state index < -0.39 is 0 Å². The maximum atomic E-state index is 13.1. The molecule has 1 aliphatic heterocycles. The van der Waals surface area contributed by atoms with Crippen molar-refractivity contribution in [1.82, 2.24) is 14.5 Å². The molecule has 1 aliphatic rings. The number of fused-ring (bicyclic) bond motifs is 1. The Balaban J connectivity index is 1.60. The van der Waals surface area contributed by atoms with Crippen molar-refractivity contribution in [3.63, 3.8) is 0 Å². The standard InChI is InChI=1S/C23H26N4O4S/c1-14-7-6-10-26(11-14)18(28)12-27-13-24-22-19(23(27)30)15(2)20(32-22)21(29)25-16-8-4-5-9-17(16)31-3/h4-5,8-9,13-14H,6-7,10-12H2,1-3H3,(H,25,29). The predicted octanol–water partition coefficient (Wildman–Crippen LogP) is 3.29. The van der Waals surface area contributed by atoms with Gasteiger partial charge in [0.25, 0.3) is 11.5 Å². The summed E-state index contributed by atoms with van der Waals surface area (Å²) in [5.74, 6) is 0.597. The van der Waals surface area contributed by atoms with Crippen LogP contribution in [0.4, 0.5) is 5.69 Å². The van der Waals surface area contributed by atoms with Gasteiger partial charge in [-0.1, -0.05) is 19.1 Å². The van der Waals surface area contributed by atoms with Gasteiger partial charge in [-0.2, -0.15) is 0 Å². The maximum absolute atomic E-state index is 13.1. The Hall–Kier alpha value is -3.20. The third kappa shape index (κ3) is 4.25. The smallest absolute Gasteiger partial charge is 0.266 e. The fourth-order valence-electron chi connectivity index (χ4n) is 4.08. The van der Waals surface area contributed by atoms with Gasteiger partial charge in [0.2, 0.25) is 5.91 Å². The van der Waals surface area contributed by atoms with Crippen LogP contribution < -0.4 is 15.6 Å². The highest BCUT2D eigenvalue weighted by molar-refractivity contribution is 7.20. The largest absolute Gasteiger partial charge is 0.495 e. The number of nitrogens with zero attached hydrogens (tertiary/aromatic N) is 3. The summed E-state index contributed by atoms with van der Waals surface area (Å²) in [4.78, 5) is 45.9. The van der Waals surface area contributed by atoms with E-state index in [0.717, 1.165) is 30.7 Å². The van der Waals surface area contributed by atoms with Gasteiger partial charge in [0, 0.05) is 13.1 Å². The average Bonchev–Trinajstić information content (AvgIpc) is 3.13. The van der Waals surface area contributed by atoms with Crippen LogP contribution in [0, 0.1) is 12.8 Å². The van der Waals surface area contributed by atoms with Crippen LogP contribution in [0.1, 0.15) is 35.0 Å². The highest BCUT2D eigenvalue weighted by Crippen LogP contribution is 2.29. The van der Waals surface area contributed by atoms with Gasteiger partial charge in [0.1, 0.15) is 17.1 Å². The number of amides is 2. The van der Waals surface area contributed by atoms with Gasteiger partial charge in [-0.3, -0.25) is 19.0 Å². The van der Waals surface area contributed by atoms with Crippen molar-refractivity contribution in [2.75, 3.05) is 25.5 Å². The molecule has 0 saturated carbocycles. The molecule has 32 heavy (non-hydrogen) atoms. The van der Waals surface area contributed by atoms with Crippen LogP contribution in [-0.4, -0.2) is 46.5 Å². The lowest BCUT2D eigenvalue weighted by Gasteiger charge is -2.31. The Labute approximate surface area is 189 Å². The molecule has 4 rings (SSSR count). The molecule has 8 nitrogen and oxygen atoms in total. The Morgan fingerprint density at radius 3 is 2.84 bits per heavy atom. The molecule has 0 aliphatic carbocycles. The summed E-state index contributed by atoms with van der Waals surface area (Å²) in [6.07, 6.45) is 3.49. The number of para-hydroxylation sites is 2. The second-order valence-corrected chi connectivity index (χ2v) is 9.15. The number of anilines is 1. The lowest BCUT2D eigenvalue weighted by atomic mass is 10.0. The van der Waals surface area contributed by atoms with E-state index in [1.807, 2.05) is 11.0 Å². The van der Waals surface area contributed by atoms with Crippen molar-refractivity contribution < 1.29 is 14.3 Å². The van der Waals surface area contributed by atoms with Crippen LogP contribution in [0.15, 0.2) is 35.4 Å². The zero-order valence-corrected chi connectivity index (χ0v) is 19.2. The molecule has 2 amide bonds. The van der Waals surface area contributed by atoms with Crippen LogP contribution in [0.5, 0.6) is 5.75 Å². The molecule has 0 radical (unpaired) electrons. The number of nitrogens with one attached hydrogen (secondary N) is 1. The number of carbonyl (C=O) groups is 2. The van der Waals surface area contributed by atoms with Gasteiger partial charge >= 0.3 is 0 Å². The molecule has 1 unspecified atom stereocenters. The molecule has 1 fully saturated rings. The van der Waals surface area contributed by atoms with Crippen molar-refractivity contribution in [3.05, 3.63) is 51.4 Å². The minimum Gasteiger partial charge on any atom is -0.495 e. The highest BCUT2D eigenvalue weighted by Gasteiger charge is 2.24. The van der Waals surface area contributed by atoms with E-state index in [1.54, 1.807) is 25.1 Å². The van der Waals surface area contributed by atoms with Crippen LogP contribution in [-0.2, 0) is 11.3 Å². The molecule has 1 N–H and O–H groups in total. The van der Waals surface area contributed by atoms with Gasteiger partial charge in [0.05, 0.1) is 29.4 Å². The summed E-state index contributed by atoms with van der Waals surface area (Å²) >= 11 is 1.16. The lowest BCUT2D eigenvalue weighted by molar-refractivity contribution is -0.133. The Kier molecular flexibility index (Phi) is 6.27. The summed E-state index contributed by atoms with van der Waals surface area (Å²) < 4.78 is 6.63. The summed E-state index contributed by atoms with van der Waals surface area (Å²) in [6, 6.07) is 7.12. The SMILES string of the molecule is COc1ccccc1NC(=O)c1sc2ncn(CC(=O)N3CCCC(C)C3)c(=O)c2c1C. The predicted molar refractivity (Wildman–Crippen MR) is 125 cm³/mol. The fourth-order valence-corrected chi connectivity index (χ4v) is 5.11. The van der Waals surface area contributed by atoms with Crippen LogP contribution in [0.25, 0.3) is 10.2 Å². The zero-order chi connectivity index (χ0) is 22.8. The van der Waals surface area contributed by atoms with E-state index in [9.17, 15) is 14.4 Å². The minimum absolute atomic E-state index is 0.0491. The zero-order valence-electron chi connectivity index (χ0n) is 18.4. The highest BCUT2D eigenvalue weighted by atomic mass is 32.1. The first-order chi connectivity index (χ1) is 15.4. The third-order valence-electron chi connectivity index (χ3n) is 5.79. The summed E-state index contributed by atoms with van der Waals surface area (Å²) in [7, 11) is 1.54. The first-order valence-electron chi connectivity index (χ1n) is 10.6. The topological polar surface area (TPSA) is 93.5 Å². The first kappa shape index (κ1) is 22.0. The lowest BCUT2D eigenvalue weighted by Crippen LogP contribution is -2.42. The molecule has 168 valence electrons. The number of rotatable bonds is 5. The van der Waals surface area contributed by atoms with E-state index in [0.29, 0.717) is 44.6 Å². The number of likely N-dealkylation sites (tertiary alicyclic amines) is 1. The van der Waals surface area contributed by atoms with Crippen molar-refractivity contribution in [3.8, 4) is 5.75 Å². The van der Waals surface area contributed by atoms with Crippen LogP contribution in [0.2, 0.25) is 0 Å². The molecule has 1 atom stereocenters. The number of hydrogen-bond donors (Lipinski definition) is 1. The quantitative estimate of drug-likeness (QED) is 0.639. The number of hydrogen-bond acceptors (Lipinski definition) is 6. The van der Waals surface area contributed by atoms with E-state index >= 15 is 0 Å². The number of thiophene rings is 1. The number of methoxy groups -OCH3 is 1. The normalized spacial score (nSPS) is 16.2. The van der Waals surface area contributed by atoms with Crippen LogP contribution >= 0.6 is 11.3 Å². The molecule has 0 bridgehead atoms. The summed E-state index contributed by atoms with van der Waals surface area (Å²) in [5, 5.41) is 3.22. The van der Waals surface area contributed by atoms with Gasteiger partial charge in [-0.15, -0.1) is 11.3 Å². The average molecular weight is 455 g/mol. The first-order valence-corrected chi connectivity index (χ1v) is 11.4. The number of ether oxygens (including phenoxy) is 1. The van der Waals surface area contributed by atoms with Gasteiger partial charge < -0.3 is 15.0 Å². The molecule has 3 aromatic rings. The number of aryl methyl sites for hydroxylation is 1. The van der Waals surface area contributed by atoms with Crippen molar-refractivity contribution in [2.45, 2.75) is 33.2 Å². The molecule has 1 saturated heterocycles.